The van der Waals surface area contributed by atoms with Crippen molar-refractivity contribution in [2.75, 3.05) is 58.1 Å². The van der Waals surface area contributed by atoms with Crippen LogP contribution in [0, 0.1) is 0 Å². The molecule has 0 spiro atoms. The molecule has 34 heavy (non-hydrogen) atoms. The van der Waals surface area contributed by atoms with E-state index in [1.807, 2.05) is 24.3 Å². The van der Waals surface area contributed by atoms with E-state index in [2.05, 4.69) is 21.0 Å². The molecular weight excluding hydrogens is 452 g/mol. The number of hydrogen-bond donors (Lipinski definition) is 1. The van der Waals surface area contributed by atoms with Gasteiger partial charge in [0.25, 0.3) is 5.91 Å². The van der Waals surface area contributed by atoms with Crippen LogP contribution in [-0.2, 0) is 4.74 Å². The Morgan fingerprint density at radius 2 is 1.94 bits per heavy atom. The Balaban J connectivity index is 1.36. The van der Waals surface area contributed by atoms with E-state index in [0.29, 0.717) is 28.8 Å². The molecule has 1 N–H and O–H groups in total. The van der Waals surface area contributed by atoms with Gasteiger partial charge < -0.3 is 24.1 Å². The lowest BCUT2D eigenvalue weighted by molar-refractivity contribution is 0.0327. The zero-order valence-electron chi connectivity index (χ0n) is 19.3. The normalized spacial score (nSPS) is 17.9. The molecule has 3 aromatic rings. The summed E-state index contributed by atoms with van der Waals surface area (Å²) in [7, 11) is 3.12. The molecule has 3 heterocycles. The average molecular weight is 481 g/mol. The number of methoxy groups -OCH3 is 2. The Morgan fingerprint density at radius 1 is 1.15 bits per heavy atom. The van der Waals surface area contributed by atoms with Crippen molar-refractivity contribution in [3.05, 3.63) is 54.2 Å². The molecular formula is C25H28N4O4S. The minimum absolute atomic E-state index is 0.222. The number of amides is 1. The maximum Gasteiger partial charge on any atom is 0.255 e. The standard InChI is InChI=1S/C25H28N4O4S/c1-31-22-8-7-17(13-23(22)32-2)24(30)26-20-6-4-3-5-19(20)21-15-29-18(16-34-25(29)27-21)14-28-9-11-33-12-10-28/h3-8,13,15,18H,9-12,14,16H2,1-2H3,(H,26,30). The van der Waals surface area contributed by atoms with E-state index in [4.69, 9.17) is 19.2 Å². The molecule has 2 aliphatic rings. The van der Waals surface area contributed by atoms with Gasteiger partial charge in [-0.05, 0) is 24.3 Å². The third kappa shape index (κ3) is 4.64. The number of fused-ring (bicyclic) bond motifs is 1. The SMILES string of the molecule is COc1ccc(C(=O)Nc2ccccc2-c2cn3c(n2)SCC3CN2CCOCC2)cc1OC. The Kier molecular flexibility index (Phi) is 6.75. The van der Waals surface area contributed by atoms with Gasteiger partial charge in [-0.15, -0.1) is 0 Å². The highest BCUT2D eigenvalue weighted by Gasteiger charge is 2.28. The first-order valence-corrected chi connectivity index (χ1v) is 12.3. The number of carbonyl (C=O) groups is 1. The molecule has 1 amide bonds. The number of benzene rings is 2. The van der Waals surface area contributed by atoms with E-state index in [1.54, 1.807) is 44.2 Å². The number of ether oxygens (including phenoxy) is 3. The molecule has 0 saturated carbocycles. The molecule has 1 atom stereocenters. The maximum atomic E-state index is 13.0. The summed E-state index contributed by atoms with van der Waals surface area (Å²) in [6, 6.07) is 13.3. The van der Waals surface area contributed by atoms with E-state index >= 15 is 0 Å². The number of nitrogens with zero attached hydrogens (tertiary/aromatic N) is 3. The van der Waals surface area contributed by atoms with Crippen LogP contribution < -0.4 is 14.8 Å². The van der Waals surface area contributed by atoms with Crippen molar-refractivity contribution in [2.24, 2.45) is 0 Å². The number of nitrogens with one attached hydrogen (secondary N) is 1. The molecule has 1 saturated heterocycles. The van der Waals surface area contributed by atoms with E-state index in [0.717, 1.165) is 55.0 Å². The van der Waals surface area contributed by atoms with E-state index in [-0.39, 0.29) is 5.91 Å². The van der Waals surface area contributed by atoms with Crippen molar-refractivity contribution in [3.63, 3.8) is 0 Å². The molecule has 5 rings (SSSR count). The van der Waals surface area contributed by atoms with Gasteiger partial charge in [-0.3, -0.25) is 9.69 Å². The van der Waals surface area contributed by atoms with Gasteiger partial charge in [0.05, 0.1) is 44.9 Å². The fourth-order valence-electron chi connectivity index (χ4n) is 4.34. The highest BCUT2D eigenvalue weighted by Crippen LogP contribution is 2.37. The number of rotatable bonds is 7. The number of aromatic nitrogens is 2. The van der Waals surface area contributed by atoms with Crippen LogP contribution in [0.4, 0.5) is 5.69 Å². The first-order valence-electron chi connectivity index (χ1n) is 11.3. The van der Waals surface area contributed by atoms with Crippen LogP contribution in [0.25, 0.3) is 11.3 Å². The summed E-state index contributed by atoms with van der Waals surface area (Å²) in [5, 5.41) is 4.06. The fourth-order valence-corrected chi connectivity index (χ4v) is 5.46. The van der Waals surface area contributed by atoms with Crippen LogP contribution in [0.15, 0.2) is 53.8 Å². The van der Waals surface area contributed by atoms with Gasteiger partial charge in [-0.1, -0.05) is 30.0 Å². The molecule has 8 nitrogen and oxygen atoms in total. The lowest BCUT2D eigenvalue weighted by atomic mass is 10.1. The quantitative estimate of drug-likeness (QED) is 0.551. The first kappa shape index (κ1) is 22.8. The molecule has 9 heteroatoms. The molecule has 1 aromatic heterocycles. The van der Waals surface area contributed by atoms with Crippen molar-refractivity contribution >= 4 is 23.4 Å². The van der Waals surface area contributed by atoms with Gasteiger partial charge >= 0.3 is 0 Å². The van der Waals surface area contributed by atoms with Gasteiger partial charge in [-0.25, -0.2) is 4.98 Å². The topological polar surface area (TPSA) is 77.9 Å². The summed E-state index contributed by atoms with van der Waals surface area (Å²) in [4.78, 5) is 20.4. The van der Waals surface area contributed by atoms with Crippen LogP contribution in [0.2, 0.25) is 0 Å². The van der Waals surface area contributed by atoms with Crippen LogP contribution in [0.5, 0.6) is 11.5 Å². The molecule has 2 aliphatic heterocycles. The van der Waals surface area contributed by atoms with Gasteiger partial charge in [-0.2, -0.15) is 0 Å². The maximum absolute atomic E-state index is 13.0. The average Bonchev–Trinajstić information content (AvgIpc) is 3.46. The minimum Gasteiger partial charge on any atom is -0.493 e. The highest BCUT2D eigenvalue weighted by molar-refractivity contribution is 7.99. The van der Waals surface area contributed by atoms with Gasteiger partial charge in [0.2, 0.25) is 0 Å². The Hall–Kier alpha value is -3.01. The lowest BCUT2D eigenvalue weighted by Crippen LogP contribution is -2.39. The summed E-state index contributed by atoms with van der Waals surface area (Å²) >= 11 is 1.79. The molecule has 178 valence electrons. The summed E-state index contributed by atoms with van der Waals surface area (Å²) in [6.07, 6.45) is 2.11. The summed E-state index contributed by atoms with van der Waals surface area (Å²) in [5.74, 6) is 1.89. The second kappa shape index (κ2) is 10.1. The number of carbonyl (C=O) groups excluding carboxylic acids is 1. The lowest BCUT2D eigenvalue weighted by Gasteiger charge is -2.29. The Bertz CT molecular complexity index is 1180. The van der Waals surface area contributed by atoms with Crippen molar-refractivity contribution in [1.29, 1.82) is 0 Å². The fraction of sp³-hybridized carbons (Fsp3) is 0.360. The van der Waals surface area contributed by atoms with Gasteiger partial charge in [0.1, 0.15) is 0 Å². The zero-order valence-corrected chi connectivity index (χ0v) is 20.1. The van der Waals surface area contributed by atoms with Gasteiger partial charge in [0, 0.05) is 42.7 Å². The van der Waals surface area contributed by atoms with Crippen molar-refractivity contribution < 1.29 is 19.0 Å². The first-order chi connectivity index (χ1) is 16.7. The highest BCUT2D eigenvalue weighted by atomic mass is 32.2. The second-order valence-electron chi connectivity index (χ2n) is 8.26. The number of imidazole rings is 1. The van der Waals surface area contributed by atoms with E-state index in [9.17, 15) is 4.79 Å². The molecule has 1 fully saturated rings. The van der Waals surface area contributed by atoms with Crippen LogP contribution in [0.3, 0.4) is 0 Å². The monoisotopic (exact) mass is 480 g/mol. The van der Waals surface area contributed by atoms with Crippen molar-refractivity contribution in [3.8, 4) is 22.8 Å². The predicted octanol–water partition coefficient (Wildman–Crippen LogP) is 3.80. The Labute approximate surface area is 203 Å². The number of thioether (sulfide) groups is 1. The minimum atomic E-state index is -0.222. The van der Waals surface area contributed by atoms with E-state index < -0.39 is 0 Å². The molecule has 1 unspecified atom stereocenters. The van der Waals surface area contributed by atoms with Crippen LogP contribution >= 0.6 is 11.8 Å². The largest absolute Gasteiger partial charge is 0.493 e. The van der Waals surface area contributed by atoms with Crippen molar-refractivity contribution in [1.82, 2.24) is 14.5 Å². The molecule has 0 radical (unpaired) electrons. The third-order valence-corrected chi connectivity index (χ3v) is 7.28. The number of anilines is 1. The van der Waals surface area contributed by atoms with E-state index in [1.165, 1.54) is 0 Å². The smallest absolute Gasteiger partial charge is 0.255 e. The second-order valence-corrected chi connectivity index (χ2v) is 9.25. The predicted molar refractivity (Wildman–Crippen MR) is 132 cm³/mol. The number of para-hydroxylation sites is 1. The number of morpholine rings is 1. The molecule has 2 aromatic carbocycles. The van der Waals surface area contributed by atoms with Crippen LogP contribution in [-0.4, -0.2) is 73.2 Å². The number of hydrogen-bond acceptors (Lipinski definition) is 7. The Morgan fingerprint density at radius 3 is 2.74 bits per heavy atom. The third-order valence-electron chi connectivity index (χ3n) is 6.17. The van der Waals surface area contributed by atoms with Crippen LogP contribution in [0.1, 0.15) is 16.4 Å². The molecule has 0 aliphatic carbocycles. The van der Waals surface area contributed by atoms with Crippen molar-refractivity contribution in [2.45, 2.75) is 11.2 Å². The van der Waals surface area contributed by atoms with Gasteiger partial charge in [0.15, 0.2) is 16.7 Å². The summed E-state index contributed by atoms with van der Waals surface area (Å²) < 4.78 is 18.4. The summed E-state index contributed by atoms with van der Waals surface area (Å²) in [6.45, 7) is 4.55. The summed E-state index contributed by atoms with van der Waals surface area (Å²) in [5.41, 5.74) is 2.95. The zero-order chi connectivity index (χ0) is 23.5. The molecule has 0 bridgehead atoms.